The van der Waals surface area contributed by atoms with Crippen LogP contribution < -0.4 is 19.3 Å². The third-order valence-corrected chi connectivity index (χ3v) is 7.63. The molecule has 2 heterocycles. The number of ether oxygens (including phenoxy) is 2. The van der Waals surface area contributed by atoms with Gasteiger partial charge in [0.15, 0.2) is 0 Å². The van der Waals surface area contributed by atoms with Gasteiger partial charge in [-0.3, -0.25) is 24.1 Å². The topological polar surface area (TPSA) is 93.2 Å². The lowest BCUT2D eigenvalue weighted by atomic mass is 9.76. The van der Waals surface area contributed by atoms with Gasteiger partial charge in [0.2, 0.25) is 17.7 Å². The Morgan fingerprint density at radius 2 is 1.72 bits per heavy atom. The van der Waals surface area contributed by atoms with Gasteiger partial charge in [-0.05, 0) is 67.6 Å². The van der Waals surface area contributed by atoms with Crippen LogP contribution in [0.5, 0.6) is 11.5 Å². The van der Waals surface area contributed by atoms with E-state index in [-0.39, 0.29) is 48.3 Å². The van der Waals surface area contributed by atoms with Gasteiger partial charge in [-0.2, -0.15) is 0 Å². The van der Waals surface area contributed by atoms with Gasteiger partial charge >= 0.3 is 5.97 Å². The van der Waals surface area contributed by atoms with E-state index >= 15 is 0 Å². The molecule has 4 atom stereocenters. The Morgan fingerprint density at radius 3 is 2.44 bits per heavy atom. The largest absolute Gasteiger partial charge is 0.495 e. The molecule has 3 amide bonds. The standard InChI is InChI=1S/C27H27ClN2O6/c1-15-3-9-20-21(11-15)26(33)30(25(20)32)18-5-7-19(8-6-18)36-27(34)16-12-24(31)29(14-16)22-13-17(28)4-10-23(22)35-2/h4-8,10,13,15-16,20-21H,3,9,11-12,14H2,1-2H3/t15-,16-,20-,21-/m1/s1. The molecule has 2 saturated heterocycles. The smallest absolute Gasteiger partial charge is 0.316 e. The Labute approximate surface area is 214 Å². The minimum absolute atomic E-state index is 0.00453. The van der Waals surface area contributed by atoms with Crippen LogP contribution in [-0.2, 0) is 19.2 Å². The van der Waals surface area contributed by atoms with Crippen LogP contribution >= 0.6 is 11.6 Å². The molecule has 0 radical (unpaired) electrons. The number of imide groups is 1. The molecule has 0 unspecified atom stereocenters. The van der Waals surface area contributed by atoms with Gasteiger partial charge < -0.3 is 14.4 Å². The van der Waals surface area contributed by atoms with Crippen molar-refractivity contribution in [2.45, 2.75) is 32.6 Å². The highest BCUT2D eigenvalue weighted by molar-refractivity contribution is 6.31. The number of esters is 1. The van der Waals surface area contributed by atoms with Crippen molar-refractivity contribution in [3.8, 4) is 11.5 Å². The molecular weight excluding hydrogens is 484 g/mol. The van der Waals surface area contributed by atoms with Crippen molar-refractivity contribution in [3.63, 3.8) is 0 Å². The second-order valence-corrected chi connectivity index (χ2v) is 10.2. The zero-order valence-electron chi connectivity index (χ0n) is 20.1. The van der Waals surface area contributed by atoms with Gasteiger partial charge in [0, 0.05) is 18.0 Å². The van der Waals surface area contributed by atoms with Gasteiger partial charge in [-0.25, -0.2) is 0 Å². The Morgan fingerprint density at radius 1 is 1.00 bits per heavy atom. The van der Waals surface area contributed by atoms with Gasteiger partial charge in [0.05, 0.1) is 36.2 Å². The normalized spacial score (nSPS) is 25.8. The lowest BCUT2D eigenvalue weighted by Crippen LogP contribution is -2.30. The number of amides is 3. The first-order chi connectivity index (χ1) is 17.3. The number of rotatable bonds is 5. The van der Waals surface area contributed by atoms with E-state index in [1.54, 1.807) is 42.5 Å². The molecule has 1 saturated carbocycles. The highest BCUT2D eigenvalue weighted by atomic mass is 35.5. The van der Waals surface area contributed by atoms with Gasteiger partial charge in [-0.1, -0.05) is 18.5 Å². The van der Waals surface area contributed by atoms with Crippen LogP contribution in [0.2, 0.25) is 5.02 Å². The molecule has 0 bridgehead atoms. The summed E-state index contributed by atoms with van der Waals surface area (Å²) < 4.78 is 10.9. The highest BCUT2D eigenvalue weighted by Gasteiger charge is 2.50. The predicted molar refractivity (Wildman–Crippen MR) is 133 cm³/mol. The molecule has 0 N–H and O–H groups in total. The molecular formula is C27H27ClN2O6. The summed E-state index contributed by atoms with van der Waals surface area (Å²) in [5.74, 6) is -1.02. The van der Waals surface area contributed by atoms with Crippen molar-refractivity contribution in [2.24, 2.45) is 23.7 Å². The average Bonchev–Trinajstić information content (AvgIpc) is 3.36. The second-order valence-electron chi connectivity index (χ2n) is 9.78. The number of hydrogen-bond donors (Lipinski definition) is 0. The Bertz CT molecular complexity index is 1230. The summed E-state index contributed by atoms with van der Waals surface area (Å²) in [5.41, 5.74) is 0.978. The summed E-state index contributed by atoms with van der Waals surface area (Å²) in [6.07, 6.45) is 2.43. The molecule has 0 aromatic heterocycles. The van der Waals surface area contributed by atoms with Crippen LogP contribution in [0.25, 0.3) is 0 Å². The monoisotopic (exact) mass is 510 g/mol. The first-order valence-electron chi connectivity index (χ1n) is 12.1. The summed E-state index contributed by atoms with van der Waals surface area (Å²) in [7, 11) is 1.50. The first-order valence-corrected chi connectivity index (χ1v) is 12.5. The number of halogens is 1. The zero-order valence-corrected chi connectivity index (χ0v) is 20.9. The number of nitrogens with zero attached hydrogens (tertiary/aromatic N) is 2. The van der Waals surface area contributed by atoms with Crippen LogP contribution in [0.4, 0.5) is 11.4 Å². The fourth-order valence-corrected chi connectivity index (χ4v) is 5.65. The third kappa shape index (κ3) is 4.34. The van der Waals surface area contributed by atoms with Gasteiger partial charge in [0.1, 0.15) is 11.5 Å². The second kappa shape index (κ2) is 9.58. The number of fused-ring (bicyclic) bond motifs is 1. The van der Waals surface area contributed by atoms with Gasteiger partial charge in [0.25, 0.3) is 0 Å². The molecule has 0 spiro atoms. The number of methoxy groups -OCH3 is 1. The third-order valence-electron chi connectivity index (χ3n) is 7.39. The SMILES string of the molecule is COc1ccc(Cl)cc1N1C[C@H](C(=O)Oc2ccc(N3C(=O)[C@@H]4CC[C@@H](C)C[C@H]4C3=O)cc2)CC1=O. The van der Waals surface area contributed by atoms with E-state index in [4.69, 9.17) is 21.1 Å². The summed E-state index contributed by atoms with van der Waals surface area (Å²) in [5, 5.41) is 0.452. The van der Waals surface area contributed by atoms with Crippen molar-refractivity contribution in [1.29, 1.82) is 0 Å². The summed E-state index contributed by atoms with van der Waals surface area (Å²) in [6, 6.07) is 11.3. The van der Waals surface area contributed by atoms with Crippen LogP contribution in [0.1, 0.15) is 32.6 Å². The molecule has 188 valence electrons. The fraction of sp³-hybridized carbons (Fsp3) is 0.407. The molecule has 1 aliphatic carbocycles. The molecule has 36 heavy (non-hydrogen) atoms. The van der Waals surface area contributed by atoms with Crippen LogP contribution in [0.3, 0.4) is 0 Å². The molecule has 3 fully saturated rings. The first kappa shape index (κ1) is 24.3. The fourth-order valence-electron chi connectivity index (χ4n) is 5.48. The summed E-state index contributed by atoms with van der Waals surface area (Å²) in [4.78, 5) is 54.1. The summed E-state index contributed by atoms with van der Waals surface area (Å²) in [6.45, 7) is 2.26. The molecule has 2 aromatic rings. The van der Waals surface area contributed by atoms with E-state index < -0.39 is 11.9 Å². The number of carbonyl (C=O) groups excluding carboxylic acids is 4. The molecule has 5 rings (SSSR count). The minimum Gasteiger partial charge on any atom is -0.495 e. The van der Waals surface area contributed by atoms with E-state index in [0.717, 1.165) is 19.3 Å². The average molecular weight is 511 g/mol. The van der Waals surface area contributed by atoms with Crippen LogP contribution in [-0.4, -0.2) is 37.3 Å². The molecule has 2 aliphatic heterocycles. The van der Waals surface area contributed by atoms with Crippen molar-refractivity contribution >= 4 is 46.7 Å². The lowest BCUT2D eigenvalue weighted by molar-refractivity contribution is -0.139. The van der Waals surface area contributed by atoms with Crippen molar-refractivity contribution in [1.82, 2.24) is 0 Å². The van der Waals surface area contributed by atoms with Crippen LogP contribution in [0.15, 0.2) is 42.5 Å². The van der Waals surface area contributed by atoms with E-state index in [9.17, 15) is 19.2 Å². The van der Waals surface area contributed by atoms with Crippen molar-refractivity contribution in [3.05, 3.63) is 47.5 Å². The number of hydrogen-bond acceptors (Lipinski definition) is 6. The molecule has 9 heteroatoms. The maximum absolute atomic E-state index is 12.9. The van der Waals surface area contributed by atoms with Gasteiger partial charge in [-0.15, -0.1) is 0 Å². The molecule has 2 aromatic carbocycles. The number of benzene rings is 2. The number of anilines is 2. The maximum atomic E-state index is 12.9. The van der Waals surface area contributed by atoms with E-state index in [2.05, 4.69) is 6.92 Å². The number of carbonyl (C=O) groups is 4. The van der Waals surface area contributed by atoms with Crippen LogP contribution in [0, 0.1) is 23.7 Å². The Balaban J connectivity index is 1.25. The Hall–Kier alpha value is -3.39. The summed E-state index contributed by atoms with van der Waals surface area (Å²) >= 11 is 6.10. The van der Waals surface area contributed by atoms with E-state index in [1.807, 2.05) is 0 Å². The highest BCUT2D eigenvalue weighted by Crippen LogP contribution is 2.42. The maximum Gasteiger partial charge on any atom is 0.316 e. The van der Waals surface area contributed by atoms with E-state index in [0.29, 0.717) is 28.1 Å². The van der Waals surface area contributed by atoms with E-state index in [1.165, 1.54) is 16.9 Å². The Kier molecular flexibility index (Phi) is 6.47. The molecule has 8 nitrogen and oxygen atoms in total. The quantitative estimate of drug-likeness (QED) is 0.339. The van der Waals surface area contributed by atoms with Crippen molar-refractivity contribution in [2.75, 3.05) is 23.5 Å². The predicted octanol–water partition coefficient (Wildman–Crippen LogP) is 4.23. The van der Waals surface area contributed by atoms with Crippen molar-refractivity contribution < 1.29 is 28.7 Å². The lowest BCUT2D eigenvalue weighted by Gasteiger charge is -2.25. The minimum atomic E-state index is -0.660. The zero-order chi connectivity index (χ0) is 25.6. The molecule has 3 aliphatic rings.